The van der Waals surface area contributed by atoms with Crippen LogP contribution in [0.1, 0.15) is 47.7 Å². The van der Waals surface area contributed by atoms with E-state index in [0.29, 0.717) is 35.1 Å². The second kappa shape index (κ2) is 7.50. The molecular formula is C25H25N5O3. The lowest BCUT2D eigenvalue weighted by molar-refractivity contribution is -0.139. The van der Waals surface area contributed by atoms with Crippen LogP contribution in [-0.2, 0) is 16.1 Å². The SMILES string of the molecule is NC(=O)c1nn(CC(=O)N2[C@@H]3C[C@@H]3C[C@H]2C(=O)C[C@@H]2C[C@H]2c2ccccc2)c2cnccc12. The fourth-order valence-corrected chi connectivity index (χ4v) is 5.61. The minimum Gasteiger partial charge on any atom is -0.364 e. The van der Waals surface area contributed by atoms with Gasteiger partial charge < -0.3 is 10.6 Å². The van der Waals surface area contributed by atoms with Crippen LogP contribution in [0.3, 0.4) is 0 Å². The first-order valence-corrected chi connectivity index (χ1v) is 11.5. The third-order valence-electron chi connectivity index (χ3n) is 7.45. The average molecular weight is 444 g/mol. The second-order valence-corrected chi connectivity index (χ2v) is 9.56. The summed E-state index contributed by atoms with van der Waals surface area (Å²) < 4.78 is 1.48. The Labute approximate surface area is 190 Å². The molecule has 8 heteroatoms. The Morgan fingerprint density at radius 2 is 1.88 bits per heavy atom. The van der Waals surface area contributed by atoms with Gasteiger partial charge in [-0.15, -0.1) is 0 Å². The van der Waals surface area contributed by atoms with E-state index < -0.39 is 5.91 Å². The summed E-state index contributed by atoms with van der Waals surface area (Å²) in [4.78, 5) is 44.3. The predicted molar refractivity (Wildman–Crippen MR) is 120 cm³/mol. The summed E-state index contributed by atoms with van der Waals surface area (Å²) in [6.45, 7) is -0.0431. The number of carbonyl (C=O) groups is 3. The number of nitrogens with two attached hydrogens (primary N) is 1. The average Bonchev–Trinajstić information content (AvgIpc) is 3.70. The molecular weight excluding hydrogens is 418 g/mol. The van der Waals surface area contributed by atoms with Crippen molar-refractivity contribution in [3.8, 4) is 0 Å². The predicted octanol–water partition coefficient (Wildman–Crippen LogP) is 2.28. The highest BCUT2D eigenvalue weighted by Gasteiger charge is 2.56. The van der Waals surface area contributed by atoms with Gasteiger partial charge in [0.25, 0.3) is 5.91 Å². The van der Waals surface area contributed by atoms with Crippen LogP contribution in [0.5, 0.6) is 0 Å². The van der Waals surface area contributed by atoms with Crippen LogP contribution < -0.4 is 5.73 Å². The monoisotopic (exact) mass is 443 g/mol. The number of ketones is 1. The van der Waals surface area contributed by atoms with E-state index in [-0.39, 0.29) is 36.0 Å². The molecule has 3 aromatic rings. The van der Waals surface area contributed by atoms with Crippen LogP contribution in [-0.4, -0.2) is 49.3 Å². The van der Waals surface area contributed by atoms with E-state index >= 15 is 0 Å². The van der Waals surface area contributed by atoms with E-state index in [4.69, 9.17) is 5.73 Å². The summed E-state index contributed by atoms with van der Waals surface area (Å²) in [5, 5.41) is 4.85. The van der Waals surface area contributed by atoms with Gasteiger partial charge in [0.1, 0.15) is 6.54 Å². The van der Waals surface area contributed by atoms with Gasteiger partial charge in [-0.3, -0.25) is 24.0 Å². The lowest BCUT2D eigenvalue weighted by Gasteiger charge is -2.27. The zero-order chi connectivity index (χ0) is 22.7. The highest BCUT2D eigenvalue weighted by molar-refractivity contribution is 6.04. The van der Waals surface area contributed by atoms with Crippen molar-refractivity contribution in [3.05, 3.63) is 60.0 Å². The van der Waals surface area contributed by atoms with Crippen molar-refractivity contribution >= 4 is 28.5 Å². The number of aromatic nitrogens is 3. The summed E-state index contributed by atoms with van der Waals surface area (Å²) >= 11 is 0. The molecule has 2 amide bonds. The molecule has 3 fully saturated rings. The Morgan fingerprint density at radius 3 is 2.67 bits per heavy atom. The van der Waals surface area contributed by atoms with Gasteiger partial charge >= 0.3 is 0 Å². The van der Waals surface area contributed by atoms with E-state index in [9.17, 15) is 14.4 Å². The number of hydrogen-bond donors (Lipinski definition) is 1. The summed E-state index contributed by atoms with van der Waals surface area (Å²) in [6.07, 6.45) is 6.41. The topological polar surface area (TPSA) is 111 Å². The van der Waals surface area contributed by atoms with Gasteiger partial charge in [-0.05, 0) is 48.6 Å². The first-order valence-electron chi connectivity index (χ1n) is 11.5. The van der Waals surface area contributed by atoms with Crippen LogP contribution in [0.15, 0.2) is 48.8 Å². The van der Waals surface area contributed by atoms with E-state index in [0.717, 1.165) is 19.3 Å². The summed E-state index contributed by atoms with van der Waals surface area (Å²) in [5.74, 6) is 0.621. The molecule has 1 saturated heterocycles. The molecule has 5 atom stereocenters. The van der Waals surface area contributed by atoms with Crippen molar-refractivity contribution in [2.45, 2.75) is 50.2 Å². The number of Topliss-reactive ketones (excluding diaryl/α,β-unsaturated/α-hetero) is 1. The summed E-state index contributed by atoms with van der Waals surface area (Å²) in [5.41, 5.74) is 7.47. The molecule has 0 unspecified atom stereocenters. The number of amides is 2. The molecule has 0 radical (unpaired) electrons. The van der Waals surface area contributed by atoms with Crippen molar-refractivity contribution in [3.63, 3.8) is 0 Å². The molecule has 1 aliphatic heterocycles. The number of carbonyl (C=O) groups excluding carboxylic acids is 3. The highest BCUT2D eigenvalue weighted by Crippen LogP contribution is 2.52. The van der Waals surface area contributed by atoms with Gasteiger partial charge in [0.2, 0.25) is 5.91 Å². The Morgan fingerprint density at radius 1 is 1.06 bits per heavy atom. The second-order valence-electron chi connectivity index (χ2n) is 9.56. The fourth-order valence-electron chi connectivity index (χ4n) is 5.61. The molecule has 168 valence electrons. The molecule has 2 aliphatic carbocycles. The standard InChI is InChI=1S/C25H25N5O3/c26-25(33)24-17-6-7-27-12-21(17)29(28-24)13-23(32)30-19-9-16(19)10-20(30)22(31)11-15-8-18(15)14-4-2-1-3-5-14/h1-7,12,15-16,18-20H,8-11,13H2,(H2,26,33)/t15-,16+,18-,19+,20-/m0/s1. The highest BCUT2D eigenvalue weighted by atomic mass is 16.2. The van der Waals surface area contributed by atoms with Crippen molar-refractivity contribution < 1.29 is 14.4 Å². The molecule has 33 heavy (non-hydrogen) atoms. The van der Waals surface area contributed by atoms with E-state index in [1.807, 2.05) is 18.2 Å². The maximum atomic E-state index is 13.4. The number of piperidine rings is 1. The number of likely N-dealkylation sites (tertiary alicyclic amines) is 1. The molecule has 6 rings (SSSR count). The third kappa shape index (κ3) is 3.50. The van der Waals surface area contributed by atoms with Crippen LogP contribution in [0, 0.1) is 11.8 Å². The molecule has 3 heterocycles. The Balaban J connectivity index is 1.18. The smallest absolute Gasteiger partial charge is 0.269 e. The van der Waals surface area contributed by atoms with Crippen LogP contribution in [0.25, 0.3) is 10.9 Å². The largest absolute Gasteiger partial charge is 0.364 e. The minimum absolute atomic E-state index is 0.0431. The fraction of sp³-hybridized carbons (Fsp3) is 0.400. The lowest BCUT2D eigenvalue weighted by Crippen LogP contribution is -2.44. The van der Waals surface area contributed by atoms with E-state index in [1.165, 1.54) is 10.2 Å². The van der Waals surface area contributed by atoms with Crippen LogP contribution in [0.4, 0.5) is 0 Å². The normalized spacial score (nSPS) is 27.4. The minimum atomic E-state index is -0.647. The third-order valence-corrected chi connectivity index (χ3v) is 7.45. The molecule has 2 N–H and O–H groups in total. The Hall–Kier alpha value is -3.55. The molecule has 1 aromatic carbocycles. The number of nitrogens with zero attached hydrogens (tertiary/aromatic N) is 4. The van der Waals surface area contributed by atoms with Crippen molar-refractivity contribution in [1.82, 2.24) is 19.7 Å². The molecule has 2 aromatic heterocycles. The maximum Gasteiger partial charge on any atom is 0.269 e. The van der Waals surface area contributed by atoms with Crippen molar-refractivity contribution in [2.75, 3.05) is 0 Å². The van der Waals surface area contributed by atoms with Gasteiger partial charge in [-0.2, -0.15) is 5.10 Å². The van der Waals surface area contributed by atoms with E-state index in [1.54, 1.807) is 23.4 Å². The number of rotatable bonds is 7. The molecule has 0 spiro atoms. The maximum absolute atomic E-state index is 13.4. The molecule has 8 nitrogen and oxygen atoms in total. The van der Waals surface area contributed by atoms with Gasteiger partial charge in [0.05, 0.1) is 17.8 Å². The summed E-state index contributed by atoms with van der Waals surface area (Å²) in [7, 11) is 0. The molecule has 0 bridgehead atoms. The zero-order valence-corrected chi connectivity index (χ0v) is 18.1. The van der Waals surface area contributed by atoms with Gasteiger partial charge in [0, 0.05) is 24.0 Å². The lowest BCUT2D eigenvalue weighted by atomic mass is 10.00. The van der Waals surface area contributed by atoms with Gasteiger partial charge in [-0.25, -0.2) is 0 Å². The number of hydrogen-bond acceptors (Lipinski definition) is 5. The molecule has 3 aliphatic rings. The quantitative estimate of drug-likeness (QED) is 0.602. The van der Waals surface area contributed by atoms with Crippen LogP contribution in [0.2, 0.25) is 0 Å². The zero-order valence-electron chi connectivity index (χ0n) is 18.1. The number of primary amides is 1. The number of pyridine rings is 1. The number of fused-ring (bicyclic) bond motifs is 2. The Bertz CT molecular complexity index is 1270. The number of benzene rings is 1. The van der Waals surface area contributed by atoms with Crippen molar-refractivity contribution in [2.24, 2.45) is 17.6 Å². The first-order chi connectivity index (χ1) is 16.0. The van der Waals surface area contributed by atoms with Gasteiger partial charge in [-0.1, -0.05) is 30.3 Å². The van der Waals surface area contributed by atoms with E-state index in [2.05, 4.69) is 22.2 Å². The van der Waals surface area contributed by atoms with Crippen LogP contribution >= 0.6 is 0 Å². The van der Waals surface area contributed by atoms with Gasteiger partial charge in [0.15, 0.2) is 11.5 Å². The Kier molecular flexibility index (Phi) is 4.57. The first kappa shape index (κ1) is 20.1. The molecule has 2 saturated carbocycles. The summed E-state index contributed by atoms with van der Waals surface area (Å²) in [6, 6.07) is 11.8. The van der Waals surface area contributed by atoms with Crippen molar-refractivity contribution in [1.29, 1.82) is 0 Å².